The Hall–Kier alpha value is -2.70. The summed E-state index contributed by atoms with van der Waals surface area (Å²) in [4.78, 5) is 45.1. The third-order valence-electron chi connectivity index (χ3n) is 5.51. The molecule has 0 aliphatic heterocycles. The molecule has 7 nitrogen and oxygen atoms in total. The third-order valence-corrected chi connectivity index (χ3v) is 5.51. The molecule has 0 saturated heterocycles. The first kappa shape index (κ1) is 20.0. The van der Waals surface area contributed by atoms with Crippen molar-refractivity contribution in [1.29, 1.82) is 0 Å². The zero-order chi connectivity index (χ0) is 20.1. The Morgan fingerprint density at radius 3 is 2.68 bits per heavy atom. The third kappa shape index (κ3) is 4.97. The Labute approximate surface area is 164 Å². The molecular formula is C21H27N3O4. The maximum atomic E-state index is 12.3. The number of nitrogens with zero attached hydrogens (tertiary/aromatic N) is 2. The number of fused-ring (bicyclic) bond motifs is 1. The highest BCUT2D eigenvalue weighted by atomic mass is 16.5. The number of esters is 1. The van der Waals surface area contributed by atoms with Gasteiger partial charge in [-0.25, -0.2) is 4.98 Å². The summed E-state index contributed by atoms with van der Waals surface area (Å²) in [6.07, 6.45) is 4.55. The lowest BCUT2D eigenvalue weighted by atomic mass is 9.87. The van der Waals surface area contributed by atoms with Gasteiger partial charge in [-0.3, -0.25) is 14.4 Å². The second kappa shape index (κ2) is 8.99. The van der Waals surface area contributed by atoms with Crippen molar-refractivity contribution in [3.05, 3.63) is 40.4 Å². The van der Waals surface area contributed by atoms with E-state index < -0.39 is 5.97 Å². The van der Waals surface area contributed by atoms with Crippen LogP contribution in [0.2, 0.25) is 0 Å². The SMILES string of the molecule is CC1CCC(N(C)C(=O)COC(=O)CCc2nc3ccccc3c(=O)[nH]2)CC1. The molecule has 1 fully saturated rings. The number of aryl methyl sites for hydroxylation is 1. The van der Waals surface area contributed by atoms with Gasteiger partial charge in [-0.2, -0.15) is 0 Å². The minimum absolute atomic E-state index is 0.0548. The fourth-order valence-electron chi connectivity index (χ4n) is 3.62. The van der Waals surface area contributed by atoms with E-state index in [1.165, 1.54) is 0 Å². The average Bonchev–Trinajstić information content (AvgIpc) is 2.70. The number of ether oxygens (including phenoxy) is 1. The number of hydrogen-bond donors (Lipinski definition) is 1. The average molecular weight is 385 g/mol. The molecule has 0 spiro atoms. The maximum absolute atomic E-state index is 12.3. The molecule has 2 aromatic rings. The molecule has 7 heteroatoms. The van der Waals surface area contributed by atoms with Crippen LogP contribution >= 0.6 is 0 Å². The van der Waals surface area contributed by atoms with Gasteiger partial charge in [0.15, 0.2) is 6.61 Å². The van der Waals surface area contributed by atoms with Crippen molar-refractivity contribution in [2.24, 2.45) is 5.92 Å². The molecule has 1 saturated carbocycles. The van der Waals surface area contributed by atoms with Gasteiger partial charge in [0.25, 0.3) is 11.5 Å². The van der Waals surface area contributed by atoms with E-state index in [1.54, 1.807) is 30.1 Å². The van der Waals surface area contributed by atoms with Gasteiger partial charge in [0.1, 0.15) is 5.82 Å². The Balaban J connectivity index is 1.47. The van der Waals surface area contributed by atoms with Crippen LogP contribution in [0.25, 0.3) is 10.9 Å². The van der Waals surface area contributed by atoms with Crippen molar-refractivity contribution < 1.29 is 14.3 Å². The molecule has 0 radical (unpaired) electrons. The smallest absolute Gasteiger partial charge is 0.306 e. The number of para-hydroxylation sites is 1. The van der Waals surface area contributed by atoms with Crippen molar-refractivity contribution >= 4 is 22.8 Å². The summed E-state index contributed by atoms with van der Waals surface area (Å²) >= 11 is 0. The van der Waals surface area contributed by atoms with Gasteiger partial charge in [0, 0.05) is 19.5 Å². The number of hydrogen-bond acceptors (Lipinski definition) is 5. The summed E-state index contributed by atoms with van der Waals surface area (Å²) in [5.74, 6) is 0.494. The largest absolute Gasteiger partial charge is 0.456 e. The molecule has 1 heterocycles. The first-order chi connectivity index (χ1) is 13.4. The number of H-pyrrole nitrogens is 1. The molecule has 28 heavy (non-hydrogen) atoms. The molecule has 150 valence electrons. The lowest BCUT2D eigenvalue weighted by molar-refractivity contribution is -0.152. The second-order valence-corrected chi connectivity index (χ2v) is 7.61. The minimum atomic E-state index is -0.477. The van der Waals surface area contributed by atoms with Crippen molar-refractivity contribution in [2.45, 2.75) is 51.5 Å². The Morgan fingerprint density at radius 2 is 1.93 bits per heavy atom. The lowest BCUT2D eigenvalue weighted by Crippen LogP contribution is -2.41. The van der Waals surface area contributed by atoms with Crippen molar-refractivity contribution in [2.75, 3.05) is 13.7 Å². The van der Waals surface area contributed by atoms with Crippen LogP contribution in [-0.4, -0.2) is 46.4 Å². The van der Waals surface area contributed by atoms with Crippen LogP contribution < -0.4 is 5.56 Å². The Morgan fingerprint density at radius 1 is 1.21 bits per heavy atom. The van der Waals surface area contributed by atoms with Crippen LogP contribution in [0, 0.1) is 5.92 Å². The van der Waals surface area contributed by atoms with Crippen molar-refractivity contribution in [3.63, 3.8) is 0 Å². The molecule has 1 aliphatic carbocycles. The molecule has 1 aromatic heterocycles. The normalized spacial score (nSPS) is 19.4. The molecular weight excluding hydrogens is 358 g/mol. The number of benzene rings is 1. The van der Waals surface area contributed by atoms with Gasteiger partial charge < -0.3 is 14.6 Å². The fraction of sp³-hybridized carbons (Fsp3) is 0.524. The highest BCUT2D eigenvalue weighted by Crippen LogP contribution is 2.26. The van der Waals surface area contributed by atoms with E-state index in [9.17, 15) is 14.4 Å². The number of carbonyl (C=O) groups excluding carboxylic acids is 2. The predicted molar refractivity (Wildman–Crippen MR) is 106 cm³/mol. The minimum Gasteiger partial charge on any atom is -0.456 e. The number of aromatic amines is 1. The van der Waals surface area contributed by atoms with Gasteiger partial charge >= 0.3 is 5.97 Å². The van der Waals surface area contributed by atoms with Crippen LogP contribution in [-0.2, 0) is 20.7 Å². The van der Waals surface area contributed by atoms with E-state index in [1.807, 2.05) is 6.07 Å². The lowest BCUT2D eigenvalue weighted by Gasteiger charge is -2.33. The van der Waals surface area contributed by atoms with Gasteiger partial charge in [-0.1, -0.05) is 19.1 Å². The van der Waals surface area contributed by atoms with Gasteiger partial charge in [0.2, 0.25) is 0 Å². The quantitative estimate of drug-likeness (QED) is 0.771. The summed E-state index contributed by atoms with van der Waals surface area (Å²) in [6, 6.07) is 7.27. The summed E-state index contributed by atoms with van der Waals surface area (Å²) in [6.45, 7) is 1.99. The highest BCUT2D eigenvalue weighted by Gasteiger charge is 2.25. The molecule has 3 rings (SSSR count). The van der Waals surface area contributed by atoms with Crippen LogP contribution in [0.3, 0.4) is 0 Å². The van der Waals surface area contributed by atoms with Crippen molar-refractivity contribution in [1.82, 2.24) is 14.9 Å². The Bertz CT molecular complexity index is 900. The number of amides is 1. The van der Waals surface area contributed by atoms with Gasteiger partial charge in [0.05, 0.1) is 17.3 Å². The molecule has 0 unspecified atom stereocenters. The number of nitrogens with one attached hydrogen (secondary N) is 1. The van der Waals surface area contributed by atoms with E-state index in [2.05, 4.69) is 16.9 Å². The molecule has 1 aliphatic rings. The number of carbonyl (C=O) groups is 2. The number of aromatic nitrogens is 2. The Kier molecular flexibility index (Phi) is 6.44. The van der Waals surface area contributed by atoms with Crippen LogP contribution in [0.1, 0.15) is 44.9 Å². The summed E-state index contributed by atoms with van der Waals surface area (Å²) in [5.41, 5.74) is 0.362. The fourth-order valence-corrected chi connectivity index (χ4v) is 3.62. The van der Waals surface area contributed by atoms with Gasteiger partial charge in [-0.05, 0) is 43.7 Å². The van der Waals surface area contributed by atoms with Crippen LogP contribution in [0.15, 0.2) is 29.1 Å². The van der Waals surface area contributed by atoms with E-state index in [0.717, 1.165) is 25.7 Å². The zero-order valence-electron chi connectivity index (χ0n) is 16.4. The van der Waals surface area contributed by atoms with Crippen LogP contribution in [0.5, 0.6) is 0 Å². The second-order valence-electron chi connectivity index (χ2n) is 7.61. The molecule has 0 atom stereocenters. The first-order valence-electron chi connectivity index (χ1n) is 9.83. The summed E-state index contributed by atoms with van der Waals surface area (Å²) < 4.78 is 5.13. The van der Waals surface area contributed by atoms with Crippen LogP contribution in [0.4, 0.5) is 0 Å². The topological polar surface area (TPSA) is 92.4 Å². The number of likely N-dealkylation sites (N-methyl/N-ethyl adjacent to an activating group) is 1. The van der Waals surface area contributed by atoms with E-state index in [4.69, 9.17) is 4.74 Å². The summed E-state index contributed by atoms with van der Waals surface area (Å²) in [7, 11) is 1.78. The monoisotopic (exact) mass is 385 g/mol. The van der Waals surface area contributed by atoms with Gasteiger partial charge in [-0.15, -0.1) is 0 Å². The molecule has 1 amide bonds. The first-order valence-corrected chi connectivity index (χ1v) is 9.83. The van der Waals surface area contributed by atoms with E-state index >= 15 is 0 Å². The molecule has 0 bridgehead atoms. The molecule has 1 aromatic carbocycles. The predicted octanol–water partition coefficient (Wildman–Crippen LogP) is 2.44. The molecule has 1 N–H and O–H groups in total. The number of rotatable bonds is 6. The van der Waals surface area contributed by atoms with E-state index in [-0.39, 0.29) is 37.0 Å². The van der Waals surface area contributed by atoms with Crippen molar-refractivity contribution in [3.8, 4) is 0 Å². The highest BCUT2D eigenvalue weighted by molar-refractivity contribution is 5.81. The summed E-state index contributed by atoms with van der Waals surface area (Å²) in [5, 5.41) is 0.513. The maximum Gasteiger partial charge on any atom is 0.306 e. The van der Waals surface area contributed by atoms with E-state index in [0.29, 0.717) is 22.6 Å². The standard InChI is InChI=1S/C21H27N3O4/c1-14-7-9-15(10-8-14)24(2)19(25)13-28-20(26)12-11-18-22-17-6-4-3-5-16(17)21(27)23-18/h3-6,14-15H,7-13H2,1-2H3,(H,22,23,27). The zero-order valence-corrected chi connectivity index (χ0v) is 16.4.